The van der Waals surface area contributed by atoms with Crippen LogP contribution in [-0.4, -0.2) is 36.8 Å². The summed E-state index contributed by atoms with van der Waals surface area (Å²) in [5.74, 6) is 0.110. The average molecular weight is 216 g/mol. The van der Waals surface area contributed by atoms with Gasteiger partial charge in [-0.3, -0.25) is 4.79 Å². The zero-order valence-electron chi connectivity index (χ0n) is 9.88. The van der Waals surface area contributed by atoms with E-state index in [0.717, 1.165) is 25.8 Å². The number of amides is 1. The Morgan fingerprint density at radius 3 is 2.53 bits per heavy atom. The van der Waals surface area contributed by atoms with Gasteiger partial charge < -0.3 is 15.7 Å². The molecule has 0 bridgehead atoms. The second-order valence-corrected chi connectivity index (χ2v) is 3.99. The molecule has 0 aliphatic carbocycles. The molecule has 0 saturated heterocycles. The minimum Gasteiger partial charge on any atom is -0.396 e. The topological polar surface area (TPSA) is 61.4 Å². The van der Waals surface area contributed by atoms with Crippen LogP contribution in [0, 0.1) is 0 Å². The first-order valence-electron chi connectivity index (χ1n) is 5.77. The van der Waals surface area contributed by atoms with Crippen molar-refractivity contribution in [2.24, 2.45) is 0 Å². The van der Waals surface area contributed by atoms with Gasteiger partial charge in [-0.2, -0.15) is 0 Å². The maximum Gasteiger partial charge on any atom is 0.220 e. The molecule has 15 heavy (non-hydrogen) atoms. The fourth-order valence-corrected chi connectivity index (χ4v) is 1.19. The highest BCUT2D eigenvalue weighted by Gasteiger charge is 2.00. The van der Waals surface area contributed by atoms with Crippen molar-refractivity contribution in [3.63, 3.8) is 0 Å². The summed E-state index contributed by atoms with van der Waals surface area (Å²) in [6, 6.07) is 0.484. The van der Waals surface area contributed by atoms with Gasteiger partial charge in [-0.1, -0.05) is 13.8 Å². The van der Waals surface area contributed by atoms with Crippen LogP contribution in [0.2, 0.25) is 0 Å². The van der Waals surface area contributed by atoms with Crippen LogP contribution in [0.1, 0.15) is 39.5 Å². The van der Waals surface area contributed by atoms with Crippen molar-refractivity contribution in [3.05, 3.63) is 0 Å². The van der Waals surface area contributed by atoms with E-state index >= 15 is 0 Å². The molecule has 0 spiro atoms. The number of rotatable bonds is 9. The minimum absolute atomic E-state index is 0.110. The molecule has 90 valence electrons. The number of hydrogen-bond acceptors (Lipinski definition) is 3. The highest BCUT2D eigenvalue weighted by molar-refractivity contribution is 5.75. The van der Waals surface area contributed by atoms with E-state index in [1.54, 1.807) is 0 Å². The third-order valence-corrected chi connectivity index (χ3v) is 2.04. The van der Waals surface area contributed by atoms with E-state index in [9.17, 15) is 4.79 Å². The van der Waals surface area contributed by atoms with Gasteiger partial charge in [0, 0.05) is 25.6 Å². The largest absolute Gasteiger partial charge is 0.396 e. The Hall–Kier alpha value is -0.610. The van der Waals surface area contributed by atoms with Crippen LogP contribution in [0.15, 0.2) is 0 Å². The van der Waals surface area contributed by atoms with Gasteiger partial charge in [-0.15, -0.1) is 0 Å². The lowest BCUT2D eigenvalue weighted by Crippen LogP contribution is -2.27. The molecule has 0 fully saturated rings. The van der Waals surface area contributed by atoms with E-state index in [1.165, 1.54) is 0 Å². The van der Waals surface area contributed by atoms with Crippen LogP contribution in [0.4, 0.5) is 0 Å². The molecule has 0 atom stereocenters. The molecule has 4 nitrogen and oxygen atoms in total. The monoisotopic (exact) mass is 216 g/mol. The molecule has 0 radical (unpaired) electrons. The van der Waals surface area contributed by atoms with Crippen LogP contribution < -0.4 is 10.6 Å². The number of aliphatic hydroxyl groups excluding tert-OH is 1. The van der Waals surface area contributed by atoms with E-state index in [4.69, 9.17) is 5.11 Å². The first-order valence-corrected chi connectivity index (χ1v) is 5.77. The molecule has 0 aliphatic rings. The van der Waals surface area contributed by atoms with E-state index in [2.05, 4.69) is 24.5 Å². The van der Waals surface area contributed by atoms with Gasteiger partial charge in [0.1, 0.15) is 0 Å². The van der Waals surface area contributed by atoms with Crippen molar-refractivity contribution < 1.29 is 9.90 Å². The third kappa shape index (κ3) is 11.3. The van der Waals surface area contributed by atoms with Crippen molar-refractivity contribution in [2.45, 2.75) is 45.6 Å². The molecule has 3 N–H and O–H groups in total. The summed E-state index contributed by atoms with van der Waals surface area (Å²) in [7, 11) is 0. The molecule has 0 unspecified atom stereocenters. The predicted octanol–water partition coefficient (Wildman–Crippen LogP) is 0.653. The Labute approximate surface area is 92.4 Å². The van der Waals surface area contributed by atoms with Gasteiger partial charge >= 0.3 is 0 Å². The summed E-state index contributed by atoms with van der Waals surface area (Å²) < 4.78 is 0. The fraction of sp³-hybridized carbons (Fsp3) is 0.909. The lowest BCUT2D eigenvalue weighted by molar-refractivity contribution is -0.121. The van der Waals surface area contributed by atoms with Crippen LogP contribution in [0.3, 0.4) is 0 Å². The van der Waals surface area contributed by atoms with Gasteiger partial charge in [0.15, 0.2) is 0 Å². The number of nitrogens with one attached hydrogen (secondary N) is 2. The first-order chi connectivity index (χ1) is 7.16. The molecular formula is C11H24N2O2. The summed E-state index contributed by atoms with van der Waals surface area (Å²) in [5, 5.41) is 14.6. The molecule has 4 heteroatoms. The molecule has 0 aromatic rings. The standard InChI is InChI=1S/C11H24N2O2/c1-10(2)12-8-5-6-11(15)13-7-3-4-9-14/h10,12,14H,3-9H2,1-2H3,(H,13,15). The molecule has 0 saturated carbocycles. The number of aliphatic hydroxyl groups is 1. The second kappa shape index (κ2) is 9.93. The van der Waals surface area contributed by atoms with Crippen molar-refractivity contribution in [1.82, 2.24) is 10.6 Å². The Morgan fingerprint density at radius 2 is 1.93 bits per heavy atom. The SMILES string of the molecule is CC(C)NCCCC(=O)NCCCCO. The second-order valence-electron chi connectivity index (χ2n) is 3.99. The van der Waals surface area contributed by atoms with Crippen molar-refractivity contribution in [2.75, 3.05) is 19.7 Å². The molecule has 0 aromatic heterocycles. The zero-order valence-corrected chi connectivity index (χ0v) is 9.88. The number of unbranched alkanes of at least 4 members (excludes halogenated alkanes) is 1. The lowest BCUT2D eigenvalue weighted by Gasteiger charge is -2.07. The van der Waals surface area contributed by atoms with E-state index in [-0.39, 0.29) is 12.5 Å². The summed E-state index contributed by atoms with van der Waals surface area (Å²) in [5.41, 5.74) is 0. The maximum absolute atomic E-state index is 11.2. The quantitative estimate of drug-likeness (QED) is 0.496. The lowest BCUT2D eigenvalue weighted by atomic mass is 10.2. The normalized spacial score (nSPS) is 10.7. The van der Waals surface area contributed by atoms with Crippen molar-refractivity contribution >= 4 is 5.91 Å². The highest BCUT2D eigenvalue weighted by Crippen LogP contribution is 1.90. The van der Waals surface area contributed by atoms with Crippen LogP contribution >= 0.6 is 0 Å². The van der Waals surface area contributed by atoms with Crippen molar-refractivity contribution in [3.8, 4) is 0 Å². The molecule has 0 heterocycles. The molecule has 0 aliphatic heterocycles. The Bertz CT molecular complexity index is 161. The molecule has 0 aromatic carbocycles. The Kier molecular flexibility index (Phi) is 9.52. The zero-order chi connectivity index (χ0) is 11.5. The first kappa shape index (κ1) is 14.4. The summed E-state index contributed by atoms with van der Waals surface area (Å²) in [4.78, 5) is 11.2. The Morgan fingerprint density at radius 1 is 1.20 bits per heavy atom. The van der Waals surface area contributed by atoms with Crippen LogP contribution in [0.25, 0.3) is 0 Å². The van der Waals surface area contributed by atoms with Crippen LogP contribution in [0.5, 0.6) is 0 Å². The fourth-order valence-electron chi connectivity index (χ4n) is 1.19. The summed E-state index contributed by atoms with van der Waals surface area (Å²) in [6.45, 7) is 5.96. The number of carbonyl (C=O) groups is 1. The van der Waals surface area contributed by atoms with Gasteiger partial charge in [0.2, 0.25) is 5.91 Å². The predicted molar refractivity (Wildman–Crippen MR) is 61.7 cm³/mol. The van der Waals surface area contributed by atoms with E-state index in [0.29, 0.717) is 19.0 Å². The number of carbonyl (C=O) groups excluding carboxylic acids is 1. The highest BCUT2D eigenvalue weighted by atomic mass is 16.2. The van der Waals surface area contributed by atoms with Gasteiger partial charge in [-0.25, -0.2) is 0 Å². The summed E-state index contributed by atoms with van der Waals surface area (Å²) >= 11 is 0. The third-order valence-electron chi connectivity index (χ3n) is 2.04. The molecule has 0 rings (SSSR count). The molecule has 1 amide bonds. The smallest absolute Gasteiger partial charge is 0.220 e. The van der Waals surface area contributed by atoms with Gasteiger partial charge in [-0.05, 0) is 25.8 Å². The average Bonchev–Trinajstić information content (AvgIpc) is 2.19. The van der Waals surface area contributed by atoms with Crippen molar-refractivity contribution in [1.29, 1.82) is 0 Å². The van der Waals surface area contributed by atoms with E-state index in [1.807, 2.05) is 0 Å². The van der Waals surface area contributed by atoms with Gasteiger partial charge in [0.05, 0.1) is 0 Å². The minimum atomic E-state index is 0.110. The Balaban J connectivity index is 3.19. The van der Waals surface area contributed by atoms with Gasteiger partial charge in [0.25, 0.3) is 0 Å². The maximum atomic E-state index is 11.2. The molecular weight excluding hydrogens is 192 g/mol. The number of hydrogen-bond donors (Lipinski definition) is 3. The van der Waals surface area contributed by atoms with E-state index < -0.39 is 0 Å². The summed E-state index contributed by atoms with van der Waals surface area (Å²) in [6.07, 6.45) is 3.07. The van der Waals surface area contributed by atoms with Crippen LogP contribution in [-0.2, 0) is 4.79 Å².